The van der Waals surface area contributed by atoms with Crippen molar-refractivity contribution < 1.29 is 14.6 Å². The first kappa shape index (κ1) is 14.4. The van der Waals surface area contributed by atoms with E-state index in [1.54, 1.807) is 7.11 Å². The highest BCUT2D eigenvalue weighted by atomic mass is 16.5. The maximum atomic E-state index is 11.4. The minimum Gasteiger partial charge on any atom is -0.392 e. The molecule has 1 rings (SSSR count). The van der Waals surface area contributed by atoms with Gasteiger partial charge in [0.2, 0.25) is 5.91 Å². The van der Waals surface area contributed by atoms with Gasteiger partial charge in [0.05, 0.1) is 12.7 Å². The van der Waals surface area contributed by atoms with Gasteiger partial charge >= 0.3 is 0 Å². The summed E-state index contributed by atoms with van der Waals surface area (Å²) >= 11 is 0. The number of methoxy groups -OCH3 is 1. The van der Waals surface area contributed by atoms with Crippen molar-refractivity contribution in [3.63, 3.8) is 0 Å². The highest BCUT2D eigenvalue weighted by molar-refractivity contribution is 5.76. The highest BCUT2D eigenvalue weighted by Gasteiger charge is 2.22. The van der Waals surface area contributed by atoms with Crippen molar-refractivity contribution in [2.45, 2.75) is 44.2 Å². The molecule has 1 saturated carbocycles. The molecule has 2 atom stereocenters. The fourth-order valence-corrected chi connectivity index (χ4v) is 2.10. The monoisotopic (exact) mass is 244 g/mol. The molecule has 0 spiro atoms. The van der Waals surface area contributed by atoms with Gasteiger partial charge in [0.15, 0.2) is 0 Å². The Balaban J connectivity index is 2.04. The Kier molecular flexibility index (Phi) is 7.16. The molecule has 1 fully saturated rings. The second-order valence-corrected chi connectivity index (χ2v) is 4.51. The van der Waals surface area contributed by atoms with E-state index in [2.05, 4.69) is 10.6 Å². The average Bonchev–Trinajstić information content (AvgIpc) is 2.32. The summed E-state index contributed by atoms with van der Waals surface area (Å²) in [4.78, 5) is 11.4. The minimum atomic E-state index is -0.250. The fourth-order valence-electron chi connectivity index (χ4n) is 2.10. The Morgan fingerprint density at radius 1 is 1.35 bits per heavy atom. The van der Waals surface area contributed by atoms with Gasteiger partial charge in [-0.3, -0.25) is 4.79 Å². The minimum absolute atomic E-state index is 0.0276. The fraction of sp³-hybridized carbons (Fsp3) is 0.917. The second kappa shape index (κ2) is 8.44. The van der Waals surface area contributed by atoms with Gasteiger partial charge in [0.25, 0.3) is 0 Å². The van der Waals surface area contributed by atoms with Crippen molar-refractivity contribution in [1.82, 2.24) is 10.6 Å². The van der Waals surface area contributed by atoms with E-state index in [0.717, 1.165) is 25.7 Å². The van der Waals surface area contributed by atoms with Gasteiger partial charge in [-0.2, -0.15) is 0 Å². The normalized spacial score (nSPS) is 24.6. The van der Waals surface area contributed by atoms with Crippen LogP contribution in [0.5, 0.6) is 0 Å². The third-order valence-electron chi connectivity index (χ3n) is 3.12. The van der Waals surface area contributed by atoms with Crippen molar-refractivity contribution in [2.24, 2.45) is 0 Å². The predicted molar refractivity (Wildman–Crippen MR) is 65.8 cm³/mol. The van der Waals surface area contributed by atoms with Gasteiger partial charge in [0, 0.05) is 32.7 Å². The largest absolute Gasteiger partial charge is 0.392 e. The molecule has 3 N–H and O–H groups in total. The molecule has 1 aliphatic rings. The molecule has 17 heavy (non-hydrogen) atoms. The first-order chi connectivity index (χ1) is 8.24. The SMILES string of the molecule is COCCNC(=O)CCN[C@H]1CCCC[C@@H]1O. The summed E-state index contributed by atoms with van der Waals surface area (Å²) < 4.78 is 4.84. The van der Waals surface area contributed by atoms with Crippen molar-refractivity contribution in [1.29, 1.82) is 0 Å². The number of hydrogen-bond acceptors (Lipinski definition) is 4. The lowest BCUT2D eigenvalue weighted by atomic mass is 9.92. The van der Waals surface area contributed by atoms with E-state index in [9.17, 15) is 9.90 Å². The van der Waals surface area contributed by atoms with E-state index in [0.29, 0.717) is 26.1 Å². The van der Waals surface area contributed by atoms with Crippen LogP contribution < -0.4 is 10.6 Å². The zero-order valence-corrected chi connectivity index (χ0v) is 10.6. The molecule has 0 unspecified atom stereocenters. The lowest BCUT2D eigenvalue weighted by Gasteiger charge is -2.28. The first-order valence-corrected chi connectivity index (χ1v) is 6.41. The van der Waals surface area contributed by atoms with Gasteiger partial charge in [-0.25, -0.2) is 0 Å². The molecule has 0 aromatic rings. The van der Waals surface area contributed by atoms with Crippen LogP contribution in [-0.2, 0) is 9.53 Å². The Labute approximate surface area is 103 Å². The van der Waals surface area contributed by atoms with Crippen molar-refractivity contribution >= 4 is 5.91 Å². The van der Waals surface area contributed by atoms with Crippen molar-refractivity contribution in [3.05, 3.63) is 0 Å². The van der Waals surface area contributed by atoms with Crippen LogP contribution in [0.1, 0.15) is 32.1 Å². The van der Waals surface area contributed by atoms with Crippen LogP contribution in [-0.4, -0.2) is 50.0 Å². The van der Waals surface area contributed by atoms with Crippen molar-refractivity contribution in [2.75, 3.05) is 26.8 Å². The zero-order chi connectivity index (χ0) is 12.5. The van der Waals surface area contributed by atoms with E-state index in [4.69, 9.17) is 4.74 Å². The molecule has 0 radical (unpaired) electrons. The lowest BCUT2D eigenvalue weighted by Crippen LogP contribution is -2.43. The van der Waals surface area contributed by atoms with E-state index < -0.39 is 0 Å². The quantitative estimate of drug-likeness (QED) is 0.553. The number of nitrogens with one attached hydrogen (secondary N) is 2. The first-order valence-electron chi connectivity index (χ1n) is 6.41. The summed E-state index contributed by atoms with van der Waals surface area (Å²) in [5, 5.41) is 15.7. The third-order valence-corrected chi connectivity index (χ3v) is 3.12. The van der Waals surface area contributed by atoms with E-state index in [-0.39, 0.29) is 18.1 Å². The van der Waals surface area contributed by atoms with Crippen LogP contribution in [0.15, 0.2) is 0 Å². The third kappa shape index (κ3) is 6.00. The maximum absolute atomic E-state index is 11.4. The topological polar surface area (TPSA) is 70.6 Å². The summed E-state index contributed by atoms with van der Waals surface area (Å²) in [6, 6.07) is 0.163. The van der Waals surface area contributed by atoms with Crippen LogP contribution >= 0.6 is 0 Å². The van der Waals surface area contributed by atoms with Crippen LogP contribution in [0.25, 0.3) is 0 Å². The van der Waals surface area contributed by atoms with Crippen molar-refractivity contribution in [3.8, 4) is 0 Å². The molecular formula is C12H24N2O3. The molecule has 0 aromatic carbocycles. The Morgan fingerprint density at radius 2 is 2.12 bits per heavy atom. The molecule has 5 nitrogen and oxygen atoms in total. The number of rotatable bonds is 7. The molecule has 0 bridgehead atoms. The van der Waals surface area contributed by atoms with Gasteiger partial charge in [-0.1, -0.05) is 12.8 Å². The summed E-state index contributed by atoms with van der Waals surface area (Å²) in [7, 11) is 1.61. The maximum Gasteiger partial charge on any atom is 0.221 e. The molecule has 1 aliphatic carbocycles. The summed E-state index contributed by atoms with van der Waals surface area (Å²) in [5.74, 6) is 0.0276. The molecule has 5 heteroatoms. The Hall–Kier alpha value is -0.650. The molecule has 0 heterocycles. The Bertz CT molecular complexity index is 224. The zero-order valence-electron chi connectivity index (χ0n) is 10.6. The molecule has 0 aromatic heterocycles. The second-order valence-electron chi connectivity index (χ2n) is 4.51. The number of aliphatic hydroxyl groups is 1. The van der Waals surface area contributed by atoms with E-state index in [1.165, 1.54) is 0 Å². The number of aliphatic hydroxyl groups excluding tert-OH is 1. The van der Waals surface area contributed by atoms with E-state index in [1.807, 2.05) is 0 Å². The molecule has 1 amide bonds. The summed E-state index contributed by atoms with van der Waals surface area (Å²) in [6.45, 7) is 1.72. The average molecular weight is 244 g/mol. The molecule has 0 aliphatic heterocycles. The van der Waals surface area contributed by atoms with Crippen LogP contribution in [0.2, 0.25) is 0 Å². The highest BCUT2D eigenvalue weighted by Crippen LogP contribution is 2.18. The smallest absolute Gasteiger partial charge is 0.221 e. The number of hydrogen-bond donors (Lipinski definition) is 3. The van der Waals surface area contributed by atoms with Gasteiger partial charge in [-0.05, 0) is 12.8 Å². The Morgan fingerprint density at radius 3 is 2.82 bits per heavy atom. The van der Waals surface area contributed by atoms with Gasteiger partial charge in [-0.15, -0.1) is 0 Å². The number of carbonyl (C=O) groups is 1. The molecular weight excluding hydrogens is 220 g/mol. The van der Waals surface area contributed by atoms with Crippen LogP contribution in [0.4, 0.5) is 0 Å². The van der Waals surface area contributed by atoms with Crippen LogP contribution in [0.3, 0.4) is 0 Å². The number of amides is 1. The predicted octanol–water partition coefficient (Wildman–Crippen LogP) is 0.0322. The lowest BCUT2D eigenvalue weighted by molar-refractivity contribution is -0.121. The van der Waals surface area contributed by atoms with Gasteiger partial charge < -0.3 is 20.5 Å². The van der Waals surface area contributed by atoms with E-state index >= 15 is 0 Å². The standard InChI is InChI=1S/C12H24N2O3/c1-17-9-8-14-12(16)6-7-13-10-4-2-3-5-11(10)15/h10-11,13,15H,2-9H2,1H3,(H,14,16)/t10-,11-/m0/s1. The number of ether oxygens (including phenoxy) is 1. The summed E-state index contributed by atoms with van der Waals surface area (Å²) in [6.07, 6.45) is 4.35. The molecule has 100 valence electrons. The van der Waals surface area contributed by atoms with Crippen LogP contribution in [0, 0.1) is 0 Å². The van der Waals surface area contributed by atoms with Gasteiger partial charge in [0.1, 0.15) is 0 Å². The summed E-state index contributed by atoms with van der Waals surface area (Å²) in [5.41, 5.74) is 0. The molecule has 0 saturated heterocycles. The number of carbonyl (C=O) groups excluding carboxylic acids is 1.